The molecule has 0 saturated carbocycles. The van der Waals surface area contributed by atoms with E-state index in [1.165, 1.54) is 12.1 Å². The molecule has 0 aliphatic carbocycles. The van der Waals surface area contributed by atoms with Gasteiger partial charge >= 0.3 is 0 Å². The van der Waals surface area contributed by atoms with Crippen LogP contribution in [-0.2, 0) is 6.54 Å². The van der Waals surface area contributed by atoms with Gasteiger partial charge in [-0.1, -0.05) is 12.1 Å². The lowest BCUT2D eigenvalue weighted by Crippen LogP contribution is -1.79. The third-order valence-corrected chi connectivity index (χ3v) is 1.15. The van der Waals surface area contributed by atoms with E-state index in [2.05, 4.69) is 4.85 Å². The molecule has 50 valence electrons. The number of halogens is 1. The molecule has 0 aromatic heterocycles. The highest BCUT2D eigenvalue weighted by atomic mass is 19.1. The highest BCUT2D eigenvalue weighted by Crippen LogP contribution is 2.03. The van der Waals surface area contributed by atoms with Crippen LogP contribution in [0.4, 0.5) is 4.39 Å². The van der Waals surface area contributed by atoms with Gasteiger partial charge in [0.15, 0.2) is 0 Å². The summed E-state index contributed by atoms with van der Waals surface area (Å²) in [6.07, 6.45) is 0. The fraction of sp³-hybridized carbons (Fsp3) is 0.125. The fourth-order valence-electron chi connectivity index (χ4n) is 0.727. The second-order valence-corrected chi connectivity index (χ2v) is 1.95. The Labute approximate surface area is 58.9 Å². The number of hydrogen-bond donors (Lipinski definition) is 0. The van der Waals surface area contributed by atoms with Gasteiger partial charge in [-0.3, -0.25) is 0 Å². The van der Waals surface area contributed by atoms with Gasteiger partial charge in [-0.25, -0.2) is 11.0 Å². The molecule has 0 radical (unpaired) electrons. The van der Waals surface area contributed by atoms with Crippen molar-refractivity contribution in [3.05, 3.63) is 47.1 Å². The van der Waals surface area contributed by atoms with Crippen LogP contribution in [0, 0.1) is 12.4 Å². The first-order valence-corrected chi connectivity index (χ1v) is 2.90. The van der Waals surface area contributed by atoms with Crippen molar-refractivity contribution in [1.82, 2.24) is 0 Å². The second-order valence-electron chi connectivity index (χ2n) is 1.95. The van der Waals surface area contributed by atoms with Crippen molar-refractivity contribution < 1.29 is 4.39 Å². The van der Waals surface area contributed by atoms with Crippen molar-refractivity contribution in [2.45, 2.75) is 6.54 Å². The molecule has 0 fully saturated rings. The molecule has 1 aromatic carbocycles. The monoisotopic (exact) mass is 135 g/mol. The van der Waals surface area contributed by atoms with E-state index in [-0.39, 0.29) is 12.4 Å². The van der Waals surface area contributed by atoms with E-state index in [0.717, 1.165) is 5.56 Å². The highest BCUT2D eigenvalue weighted by molar-refractivity contribution is 5.17. The normalized spacial score (nSPS) is 8.80. The van der Waals surface area contributed by atoms with E-state index in [4.69, 9.17) is 6.57 Å². The Bertz CT molecular complexity index is 262. The quantitative estimate of drug-likeness (QED) is 0.520. The largest absolute Gasteiger partial charge is 0.312 e. The summed E-state index contributed by atoms with van der Waals surface area (Å²) in [5, 5.41) is 0. The van der Waals surface area contributed by atoms with Gasteiger partial charge in [0.1, 0.15) is 5.82 Å². The Morgan fingerprint density at radius 2 is 2.30 bits per heavy atom. The second kappa shape index (κ2) is 2.98. The molecule has 0 unspecified atom stereocenters. The summed E-state index contributed by atoms with van der Waals surface area (Å²) in [4.78, 5) is 3.13. The smallest absolute Gasteiger partial charge is 0.239 e. The van der Waals surface area contributed by atoms with Crippen molar-refractivity contribution >= 4 is 0 Å². The van der Waals surface area contributed by atoms with Crippen molar-refractivity contribution in [2.75, 3.05) is 0 Å². The minimum Gasteiger partial charge on any atom is -0.312 e. The minimum atomic E-state index is -0.277. The molecule has 1 rings (SSSR count). The van der Waals surface area contributed by atoms with Crippen LogP contribution in [0.25, 0.3) is 4.85 Å². The zero-order chi connectivity index (χ0) is 7.40. The lowest BCUT2D eigenvalue weighted by molar-refractivity contribution is 0.626. The molecule has 0 amide bonds. The van der Waals surface area contributed by atoms with Crippen LogP contribution in [0.3, 0.4) is 0 Å². The first-order valence-electron chi connectivity index (χ1n) is 2.90. The van der Waals surface area contributed by atoms with Crippen molar-refractivity contribution in [2.24, 2.45) is 0 Å². The van der Waals surface area contributed by atoms with Gasteiger partial charge in [0.05, 0.1) is 0 Å². The third kappa shape index (κ3) is 1.56. The molecule has 0 aliphatic heterocycles. The summed E-state index contributed by atoms with van der Waals surface area (Å²) < 4.78 is 12.4. The summed E-state index contributed by atoms with van der Waals surface area (Å²) in [6, 6.07) is 6.09. The molecular formula is C8H6FN. The molecule has 1 nitrogen and oxygen atoms in total. The Balaban J connectivity index is 2.87. The SMILES string of the molecule is [C-]#[N+]Cc1cccc(F)c1. The van der Waals surface area contributed by atoms with Crippen LogP contribution >= 0.6 is 0 Å². The lowest BCUT2D eigenvalue weighted by atomic mass is 10.2. The number of hydrogen-bond acceptors (Lipinski definition) is 0. The van der Waals surface area contributed by atoms with Gasteiger partial charge in [-0.2, -0.15) is 0 Å². The van der Waals surface area contributed by atoms with E-state index in [1.807, 2.05) is 0 Å². The van der Waals surface area contributed by atoms with Gasteiger partial charge < -0.3 is 4.85 Å². The Kier molecular flexibility index (Phi) is 2.01. The molecule has 0 atom stereocenters. The summed E-state index contributed by atoms with van der Waals surface area (Å²) in [5.74, 6) is -0.277. The Morgan fingerprint density at radius 1 is 1.50 bits per heavy atom. The predicted molar refractivity (Wildman–Crippen MR) is 36.7 cm³/mol. The fourth-order valence-corrected chi connectivity index (χ4v) is 0.727. The van der Waals surface area contributed by atoms with Crippen molar-refractivity contribution in [3.8, 4) is 0 Å². The summed E-state index contributed by atoms with van der Waals surface area (Å²) in [6.45, 7) is 6.77. The van der Waals surface area contributed by atoms with Gasteiger partial charge in [0, 0.05) is 5.56 Å². The maximum Gasteiger partial charge on any atom is 0.239 e. The Morgan fingerprint density at radius 3 is 2.90 bits per heavy atom. The predicted octanol–water partition coefficient (Wildman–Crippen LogP) is 2.24. The minimum absolute atomic E-state index is 0.262. The molecule has 0 aliphatic rings. The van der Waals surface area contributed by atoms with E-state index in [0.29, 0.717) is 0 Å². The highest BCUT2D eigenvalue weighted by Gasteiger charge is 1.94. The molecule has 10 heavy (non-hydrogen) atoms. The molecule has 0 bridgehead atoms. The summed E-state index contributed by atoms with van der Waals surface area (Å²) in [7, 11) is 0. The number of benzene rings is 1. The average Bonchev–Trinajstić information content (AvgIpc) is 1.88. The van der Waals surface area contributed by atoms with Crippen LogP contribution in [0.2, 0.25) is 0 Å². The number of rotatable bonds is 1. The first kappa shape index (κ1) is 6.76. The van der Waals surface area contributed by atoms with E-state index in [9.17, 15) is 4.39 Å². The maximum atomic E-state index is 12.4. The molecule has 0 saturated heterocycles. The first-order chi connectivity index (χ1) is 4.83. The van der Waals surface area contributed by atoms with Crippen LogP contribution in [0.1, 0.15) is 5.56 Å². The van der Waals surface area contributed by atoms with Gasteiger partial charge in [0.25, 0.3) is 0 Å². The number of nitrogens with zero attached hydrogens (tertiary/aromatic N) is 1. The van der Waals surface area contributed by atoms with E-state index >= 15 is 0 Å². The summed E-state index contributed by atoms with van der Waals surface area (Å²) in [5.41, 5.74) is 0.731. The van der Waals surface area contributed by atoms with Gasteiger partial charge in [-0.15, -0.1) is 0 Å². The molecule has 1 aromatic rings. The third-order valence-electron chi connectivity index (χ3n) is 1.15. The van der Waals surface area contributed by atoms with Crippen LogP contribution < -0.4 is 0 Å². The molecule has 2 heteroatoms. The molecule has 0 heterocycles. The van der Waals surface area contributed by atoms with E-state index < -0.39 is 0 Å². The average molecular weight is 135 g/mol. The molecule has 0 N–H and O–H groups in total. The topological polar surface area (TPSA) is 4.36 Å². The molecular weight excluding hydrogens is 129 g/mol. The van der Waals surface area contributed by atoms with Crippen LogP contribution in [0.15, 0.2) is 24.3 Å². The van der Waals surface area contributed by atoms with Gasteiger partial charge in [0.2, 0.25) is 6.54 Å². The standard InChI is InChI=1S/C8H6FN/c1-10-6-7-3-2-4-8(9)5-7/h2-5H,6H2. The summed E-state index contributed by atoms with van der Waals surface area (Å²) >= 11 is 0. The van der Waals surface area contributed by atoms with Crippen LogP contribution in [-0.4, -0.2) is 0 Å². The van der Waals surface area contributed by atoms with Crippen LogP contribution in [0.5, 0.6) is 0 Å². The lowest BCUT2D eigenvalue weighted by Gasteiger charge is -1.89. The van der Waals surface area contributed by atoms with E-state index in [1.54, 1.807) is 12.1 Å². The zero-order valence-corrected chi connectivity index (χ0v) is 5.34. The van der Waals surface area contributed by atoms with Crippen molar-refractivity contribution in [3.63, 3.8) is 0 Å². The van der Waals surface area contributed by atoms with Gasteiger partial charge in [-0.05, 0) is 12.1 Å². The maximum absolute atomic E-state index is 12.4. The zero-order valence-electron chi connectivity index (χ0n) is 5.34. The molecule has 0 spiro atoms. The Hall–Kier alpha value is -1.36. The van der Waals surface area contributed by atoms with Crippen molar-refractivity contribution in [1.29, 1.82) is 0 Å².